The number of carbonyl (C=O) groups is 1. The topological polar surface area (TPSA) is 58.6 Å². The molecule has 0 saturated heterocycles. The largest absolute Gasteiger partial charge is 0.480 e. The molecule has 2 atom stereocenters. The molecule has 0 aromatic heterocycles. The Morgan fingerprint density at radius 3 is 2.75 bits per heavy atom. The van der Waals surface area contributed by atoms with Crippen molar-refractivity contribution >= 4 is 5.91 Å². The summed E-state index contributed by atoms with van der Waals surface area (Å²) in [4.78, 5) is 12.3. The minimum Gasteiger partial charge on any atom is -0.480 e. The van der Waals surface area contributed by atoms with E-state index in [4.69, 9.17) is 9.84 Å². The van der Waals surface area contributed by atoms with Crippen molar-refractivity contribution in [2.75, 3.05) is 6.61 Å². The van der Waals surface area contributed by atoms with Gasteiger partial charge in [0.25, 0.3) is 5.91 Å². The zero-order chi connectivity index (χ0) is 14.8. The van der Waals surface area contributed by atoms with Crippen molar-refractivity contribution in [2.24, 2.45) is 5.41 Å². The highest BCUT2D eigenvalue weighted by Crippen LogP contribution is 2.29. The lowest BCUT2D eigenvalue weighted by Gasteiger charge is -2.31. The van der Waals surface area contributed by atoms with Gasteiger partial charge in [0.2, 0.25) is 0 Å². The number of amides is 1. The van der Waals surface area contributed by atoms with Crippen LogP contribution in [0.2, 0.25) is 0 Å². The highest BCUT2D eigenvalue weighted by molar-refractivity contribution is 5.82. The van der Waals surface area contributed by atoms with Crippen molar-refractivity contribution in [3.05, 3.63) is 29.8 Å². The summed E-state index contributed by atoms with van der Waals surface area (Å²) in [7, 11) is 0. The smallest absolute Gasteiger partial charge is 0.261 e. The van der Waals surface area contributed by atoms with Crippen LogP contribution in [0.4, 0.5) is 0 Å². The second-order valence-corrected chi connectivity index (χ2v) is 6.36. The van der Waals surface area contributed by atoms with Gasteiger partial charge in [-0.25, -0.2) is 0 Å². The molecule has 0 fully saturated rings. The van der Waals surface area contributed by atoms with Gasteiger partial charge in [0.15, 0.2) is 6.10 Å². The predicted molar refractivity (Wildman–Crippen MR) is 77.7 cm³/mol. The Kier molecular flexibility index (Phi) is 4.33. The number of nitrogens with one attached hydrogen (secondary N) is 1. The van der Waals surface area contributed by atoms with Gasteiger partial charge in [0, 0.05) is 19.1 Å². The van der Waals surface area contributed by atoms with Gasteiger partial charge in [-0.15, -0.1) is 0 Å². The van der Waals surface area contributed by atoms with Crippen LogP contribution in [0, 0.1) is 5.41 Å². The third-order valence-electron chi connectivity index (χ3n) is 3.72. The Morgan fingerprint density at radius 2 is 2.15 bits per heavy atom. The van der Waals surface area contributed by atoms with E-state index in [0.717, 1.165) is 11.3 Å². The van der Waals surface area contributed by atoms with Crippen LogP contribution in [0.25, 0.3) is 0 Å². The summed E-state index contributed by atoms with van der Waals surface area (Å²) in [6.07, 6.45) is 0.698. The molecule has 2 rings (SSSR count). The molecule has 1 aliphatic heterocycles. The summed E-state index contributed by atoms with van der Waals surface area (Å²) in [5.41, 5.74) is 0.978. The molecule has 0 aliphatic carbocycles. The van der Waals surface area contributed by atoms with Crippen LogP contribution in [0.1, 0.15) is 32.8 Å². The lowest BCUT2D eigenvalue weighted by Crippen LogP contribution is -2.49. The first-order chi connectivity index (χ1) is 9.41. The van der Waals surface area contributed by atoms with Gasteiger partial charge in [0.1, 0.15) is 5.75 Å². The Bertz CT molecular complexity index is 454. The first-order valence-corrected chi connectivity index (χ1v) is 7.07. The normalized spacial score (nSPS) is 19.1. The van der Waals surface area contributed by atoms with E-state index < -0.39 is 6.10 Å². The maximum Gasteiger partial charge on any atom is 0.261 e. The maximum atomic E-state index is 12.3. The quantitative estimate of drug-likeness (QED) is 0.884. The molecule has 4 heteroatoms. The van der Waals surface area contributed by atoms with Crippen LogP contribution in [0.3, 0.4) is 0 Å². The van der Waals surface area contributed by atoms with Crippen molar-refractivity contribution in [3.8, 4) is 5.75 Å². The number of rotatable bonds is 4. The lowest BCUT2D eigenvalue weighted by atomic mass is 9.84. The number of hydrogen-bond donors (Lipinski definition) is 2. The van der Waals surface area contributed by atoms with Gasteiger partial charge in [-0.1, -0.05) is 39.0 Å². The van der Waals surface area contributed by atoms with E-state index >= 15 is 0 Å². The number of benzene rings is 1. The van der Waals surface area contributed by atoms with E-state index in [-0.39, 0.29) is 24.0 Å². The van der Waals surface area contributed by atoms with E-state index in [1.54, 1.807) is 0 Å². The molecule has 0 spiro atoms. The molecule has 0 bridgehead atoms. The molecule has 20 heavy (non-hydrogen) atoms. The summed E-state index contributed by atoms with van der Waals surface area (Å²) in [5, 5.41) is 12.1. The molecule has 2 N–H and O–H groups in total. The zero-order valence-electron chi connectivity index (χ0n) is 12.3. The Balaban J connectivity index is 1.99. The molecule has 0 saturated carbocycles. The highest BCUT2D eigenvalue weighted by Gasteiger charge is 2.32. The number of aliphatic hydroxyl groups excluding tert-OH is 1. The van der Waals surface area contributed by atoms with Crippen molar-refractivity contribution in [1.82, 2.24) is 5.32 Å². The molecule has 110 valence electrons. The monoisotopic (exact) mass is 277 g/mol. The van der Waals surface area contributed by atoms with Gasteiger partial charge in [-0.2, -0.15) is 0 Å². The van der Waals surface area contributed by atoms with E-state index in [9.17, 15) is 4.79 Å². The average molecular weight is 277 g/mol. The third-order valence-corrected chi connectivity index (χ3v) is 3.72. The van der Waals surface area contributed by atoms with Crippen molar-refractivity contribution in [1.29, 1.82) is 0 Å². The van der Waals surface area contributed by atoms with Crippen LogP contribution in [-0.2, 0) is 11.2 Å². The number of hydrogen-bond acceptors (Lipinski definition) is 3. The summed E-state index contributed by atoms with van der Waals surface area (Å²) in [6.45, 7) is 6.22. The lowest BCUT2D eigenvalue weighted by molar-refractivity contribution is -0.128. The SMILES string of the molecule is CC(C)(C)C(CCO)NC(=O)C1Cc2ccccc2O1. The number of carbonyl (C=O) groups excluding carboxylic acids is 1. The highest BCUT2D eigenvalue weighted by atomic mass is 16.5. The standard InChI is InChI=1S/C16H23NO3/c1-16(2,3)14(8-9-18)17-15(19)13-10-11-6-4-5-7-12(11)20-13/h4-7,13-14,18H,8-10H2,1-3H3,(H,17,19). The summed E-state index contributed by atoms with van der Waals surface area (Å²) >= 11 is 0. The molecule has 4 nitrogen and oxygen atoms in total. The first kappa shape index (κ1) is 14.9. The van der Waals surface area contributed by atoms with Crippen LogP contribution in [0.5, 0.6) is 5.75 Å². The van der Waals surface area contributed by atoms with E-state index in [0.29, 0.717) is 12.8 Å². The number of fused-ring (bicyclic) bond motifs is 1. The van der Waals surface area contributed by atoms with Crippen LogP contribution in [-0.4, -0.2) is 29.8 Å². The molecule has 1 aromatic rings. The Hall–Kier alpha value is -1.55. The Labute approximate surface area is 120 Å². The van der Waals surface area contributed by atoms with E-state index in [1.165, 1.54) is 0 Å². The fraction of sp³-hybridized carbons (Fsp3) is 0.562. The fourth-order valence-corrected chi connectivity index (χ4v) is 2.44. The molecular weight excluding hydrogens is 254 g/mol. The first-order valence-electron chi connectivity index (χ1n) is 7.07. The molecule has 1 heterocycles. The van der Waals surface area contributed by atoms with Gasteiger partial charge < -0.3 is 15.2 Å². The minimum atomic E-state index is -0.462. The average Bonchev–Trinajstić information content (AvgIpc) is 2.80. The number of para-hydroxylation sites is 1. The van der Waals surface area contributed by atoms with Gasteiger partial charge in [-0.3, -0.25) is 4.79 Å². The van der Waals surface area contributed by atoms with E-state index in [2.05, 4.69) is 26.1 Å². The molecular formula is C16H23NO3. The second kappa shape index (κ2) is 5.83. The molecule has 0 radical (unpaired) electrons. The third kappa shape index (κ3) is 3.31. The fourth-order valence-electron chi connectivity index (χ4n) is 2.44. The van der Waals surface area contributed by atoms with Crippen LogP contribution in [0.15, 0.2) is 24.3 Å². The van der Waals surface area contributed by atoms with Crippen molar-refractivity contribution in [3.63, 3.8) is 0 Å². The minimum absolute atomic E-state index is 0.0627. The van der Waals surface area contributed by atoms with Crippen molar-refractivity contribution in [2.45, 2.75) is 45.8 Å². The predicted octanol–water partition coefficient (Wildman–Crippen LogP) is 1.90. The second-order valence-electron chi connectivity index (χ2n) is 6.36. The van der Waals surface area contributed by atoms with Gasteiger partial charge in [-0.05, 0) is 23.5 Å². The van der Waals surface area contributed by atoms with Crippen molar-refractivity contribution < 1.29 is 14.6 Å². The molecule has 1 aromatic carbocycles. The molecule has 1 aliphatic rings. The molecule has 2 unspecified atom stereocenters. The molecule has 1 amide bonds. The zero-order valence-corrected chi connectivity index (χ0v) is 12.3. The summed E-state index contributed by atoms with van der Waals surface area (Å²) in [5.74, 6) is 0.691. The number of ether oxygens (including phenoxy) is 1. The van der Waals surface area contributed by atoms with Crippen LogP contribution < -0.4 is 10.1 Å². The van der Waals surface area contributed by atoms with Gasteiger partial charge >= 0.3 is 0 Å². The summed E-state index contributed by atoms with van der Waals surface area (Å²) in [6, 6.07) is 7.66. The van der Waals surface area contributed by atoms with Gasteiger partial charge in [0.05, 0.1) is 0 Å². The Morgan fingerprint density at radius 1 is 1.45 bits per heavy atom. The summed E-state index contributed by atoms with van der Waals surface area (Å²) < 4.78 is 5.69. The maximum absolute atomic E-state index is 12.3. The van der Waals surface area contributed by atoms with Crippen LogP contribution >= 0.6 is 0 Å². The number of aliphatic hydroxyl groups is 1. The van der Waals surface area contributed by atoms with E-state index in [1.807, 2.05) is 24.3 Å².